The first-order valence-electron chi connectivity index (χ1n) is 8.90. The summed E-state index contributed by atoms with van der Waals surface area (Å²) in [5.41, 5.74) is 4.28. The van der Waals surface area contributed by atoms with Crippen molar-refractivity contribution in [3.05, 3.63) is 47.3 Å². The molecule has 1 saturated heterocycles. The smallest absolute Gasteiger partial charge is 0.241 e. The molecule has 1 fully saturated rings. The summed E-state index contributed by atoms with van der Waals surface area (Å²) in [4.78, 5) is 16.7. The number of amides is 1. The Bertz CT molecular complexity index is 772. The van der Waals surface area contributed by atoms with Crippen molar-refractivity contribution < 1.29 is 9.90 Å². The van der Waals surface area contributed by atoms with Gasteiger partial charge >= 0.3 is 0 Å². The SMILES string of the molecule is Cc1cc(C[C@@H]2CN(CC(=O)N3CCc4ccccc43)C[C@@H]2O)n[nH]1. The van der Waals surface area contributed by atoms with Crippen LogP contribution >= 0.6 is 0 Å². The van der Waals surface area contributed by atoms with E-state index in [9.17, 15) is 9.90 Å². The summed E-state index contributed by atoms with van der Waals surface area (Å²) in [7, 11) is 0. The van der Waals surface area contributed by atoms with Gasteiger partial charge in [-0.3, -0.25) is 14.8 Å². The number of H-pyrrole nitrogens is 1. The van der Waals surface area contributed by atoms with Crippen LogP contribution in [0, 0.1) is 12.8 Å². The van der Waals surface area contributed by atoms with Crippen LogP contribution in [-0.2, 0) is 17.6 Å². The molecular weight excluding hydrogens is 316 g/mol. The molecule has 3 heterocycles. The third-order valence-electron chi connectivity index (χ3n) is 5.26. The Morgan fingerprint density at radius 2 is 2.20 bits per heavy atom. The lowest BCUT2D eigenvalue weighted by Crippen LogP contribution is -2.39. The summed E-state index contributed by atoms with van der Waals surface area (Å²) in [6, 6.07) is 10.1. The van der Waals surface area contributed by atoms with Crippen molar-refractivity contribution in [1.82, 2.24) is 15.1 Å². The van der Waals surface area contributed by atoms with E-state index >= 15 is 0 Å². The minimum Gasteiger partial charge on any atom is -0.391 e. The number of fused-ring (bicyclic) bond motifs is 1. The van der Waals surface area contributed by atoms with Crippen LogP contribution in [0.2, 0.25) is 0 Å². The second-order valence-electron chi connectivity index (χ2n) is 7.19. The van der Waals surface area contributed by atoms with Crippen LogP contribution in [0.5, 0.6) is 0 Å². The molecule has 0 aliphatic carbocycles. The Morgan fingerprint density at radius 1 is 1.36 bits per heavy atom. The van der Waals surface area contributed by atoms with Gasteiger partial charge in [-0.05, 0) is 37.5 Å². The van der Waals surface area contributed by atoms with Crippen molar-refractivity contribution in [2.75, 3.05) is 31.1 Å². The number of β-amino-alcohol motifs (C(OH)–C–C–N with tert-alkyl or cyclic N) is 1. The lowest BCUT2D eigenvalue weighted by molar-refractivity contribution is -0.119. The molecule has 1 amide bonds. The lowest BCUT2D eigenvalue weighted by Gasteiger charge is -2.21. The Labute approximate surface area is 147 Å². The number of aliphatic hydroxyl groups excluding tert-OH is 1. The predicted octanol–water partition coefficient (Wildman–Crippen LogP) is 1.14. The van der Waals surface area contributed by atoms with Gasteiger partial charge in [0, 0.05) is 36.9 Å². The highest BCUT2D eigenvalue weighted by atomic mass is 16.3. The first-order valence-corrected chi connectivity index (χ1v) is 8.90. The Kier molecular flexibility index (Phi) is 4.31. The highest BCUT2D eigenvalue weighted by Crippen LogP contribution is 2.28. The van der Waals surface area contributed by atoms with E-state index < -0.39 is 6.10 Å². The number of nitrogens with one attached hydrogen (secondary N) is 1. The maximum Gasteiger partial charge on any atom is 0.241 e. The molecular formula is C19H24N4O2. The van der Waals surface area contributed by atoms with Crippen molar-refractivity contribution in [2.24, 2.45) is 5.92 Å². The van der Waals surface area contributed by atoms with E-state index in [1.807, 2.05) is 36.1 Å². The molecule has 132 valence electrons. The fraction of sp³-hybridized carbons (Fsp3) is 0.474. The van der Waals surface area contributed by atoms with E-state index in [4.69, 9.17) is 0 Å². The Hall–Kier alpha value is -2.18. The predicted molar refractivity (Wildman–Crippen MR) is 95.5 cm³/mol. The number of aryl methyl sites for hydroxylation is 1. The van der Waals surface area contributed by atoms with Crippen molar-refractivity contribution in [1.29, 1.82) is 0 Å². The molecule has 0 bridgehead atoms. The van der Waals surface area contributed by atoms with Gasteiger partial charge in [-0.15, -0.1) is 0 Å². The standard InChI is InChI=1S/C19H24N4O2/c1-13-8-16(21-20-13)9-15-10-22(11-18(15)24)12-19(25)23-7-6-14-4-2-3-5-17(14)23/h2-5,8,15,18,24H,6-7,9-12H2,1H3,(H,20,21)/t15-,18+/m1/s1. The van der Waals surface area contributed by atoms with E-state index in [0.717, 1.165) is 43.0 Å². The van der Waals surface area contributed by atoms with E-state index in [2.05, 4.69) is 21.2 Å². The van der Waals surface area contributed by atoms with Gasteiger partial charge in [0.15, 0.2) is 0 Å². The van der Waals surface area contributed by atoms with E-state index in [1.54, 1.807) is 0 Å². The van der Waals surface area contributed by atoms with E-state index in [-0.39, 0.29) is 11.8 Å². The fourth-order valence-corrected chi connectivity index (χ4v) is 3.99. The van der Waals surface area contributed by atoms with Gasteiger partial charge in [0.2, 0.25) is 5.91 Å². The number of aliphatic hydroxyl groups is 1. The largest absolute Gasteiger partial charge is 0.391 e. The zero-order chi connectivity index (χ0) is 17.4. The zero-order valence-electron chi connectivity index (χ0n) is 14.5. The quantitative estimate of drug-likeness (QED) is 0.876. The van der Waals surface area contributed by atoms with Gasteiger partial charge in [0.1, 0.15) is 0 Å². The maximum absolute atomic E-state index is 12.7. The number of carbonyl (C=O) groups is 1. The number of carbonyl (C=O) groups excluding carboxylic acids is 1. The van der Waals surface area contributed by atoms with Gasteiger partial charge < -0.3 is 10.0 Å². The van der Waals surface area contributed by atoms with Crippen LogP contribution in [0.1, 0.15) is 17.0 Å². The molecule has 1 aromatic heterocycles. The molecule has 6 nitrogen and oxygen atoms in total. The molecule has 0 spiro atoms. The summed E-state index contributed by atoms with van der Waals surface area (Å²) >= 11 is 0. The molecule has 0 saturated carbocycles. The molecule has 2 atom stereocenters. The monoisotopic (exact) mass is 340 g/mol. The van der Waals surface area contributed by atoms with E-state index in [1.165, 1.54) is 5.56 Å². The second-order valence-corrected chi connectivity index (χ2v) is 7.19. The highest BCUT2D eigenvalue weighted by Gasteiger charge is 2.34. The highest BCUT2D eigenvalue weighted by molar-refractivity contribution is 5.96. The molecule has 25 heavy (non-hydrogen) atoms. The first-order chi connectivity index (χ1) is 12.1. The first kappa shape index (κ1) is 16.3. The molecule has 0 radical (unpaired) electrons. The van der Waals surface area contributed by atoms with Gasteiger partial charge in [0.25, 0.3) is 0 Å². The Morgan fingerprint density at radius 3 is 3.00 bits per heavy atom. The number of anilines is 1. The number of aromatic amines is 1. The average molecular weight is 340 g/mol. The lowest BCUT2D eigenvalue weighted by atomic mass is 10.0. The van der Waals surface area contributed by atoms with Crippen molar-refractivity contribution in [3.8, 4) is 0 Å². The normalized spacial score (nSPS) is 23.2. The van der Waals surface area contributed by atoms with Crippen LogP contribution in [0.25, 0.3) is 0 Å². The van der Waals surface area contributed by atoms with Crippen LogP contribution in [0.15, 0.2) is 30.3 Å². The summed E-state index contributed by atoms with van der Waals surface area (Å²) in [5, 5.41) is 17.6. The average Bonchev–Trinajstić information content (AvgIpc) is 3.27. The zero-order valence-corrected chi connectivity index (χ0v) is 14.5. The minimum atomic E-state index is -0.407. The molecule has 2 aliphatic heterocycles. The third-order valence-corrected chi connectivity index (χ3v) is 5.26. The Balaban J connectivity index is 1.36. The van der Waals surface area contributed by atoms with E-state index in [0.29, 0.717) is 13.1 Å². The number of benzene rings is 1. The molecule has 1 aromatic carbocycles. The van der Waals surface area contributed by atoms with Crippen molar-refractivity contribution >= 4 is 11.6 Å². The number of nitrogens with zero attached hydrogens (tertiary/aromatic N) is 3. The summed E-state index contributed by atoms with van der Waals surface area (Å²) < 4.78 is 0. The number of para-hydroxylation sites is 1. The van der Waals surface area contributed by atoms with Crippen molar-refractivity contribution in [2.45, 2.75) is 25.9 Å². The summed E-state index contributed by atoms with van der Waals surface area (Å²) in [5.74, 6) is 0.245. The summed E-state index contributed by atoms with van der Waals surface area (Å²) in [6.07, 6.45) is 1.25. The third kappa shape index (κ3) is 3.32. The van der Waals surface area contributed by atoms with Crippen LogP contribution in [0.4, 0.5) is 5.69 Å². The number of hydrogen-bond acceptors (Lipinski definition) is 4. The number of likely N-dealkylation sites (tertiary alicyclic amines) is 1. The molecule has 6 heteroatoms. The van der Waals surface area contributed by atoms with Crippen LogP contribution < -0.4 is 4.90 Å². The van der Waals surface area contributed by atoms with Crippen molar-refractivity contribution in [3.63, 3.8) is 0 Å². The minimum absolute atomic E-state index is 0.119. The molecule has 2 aliphatic rings. The molecule has 4 rings (SSSR count). The van der Waals surface area contributed by atoms with Crippen LogP contribution in [0.3, 0.4) is 0 Å². The van der Waals surface area contributed by atoms with Gasteiger partial charge in [-0.25, -0.2) is 0 Å². The summed E-state index contributed by atoms with van der Waals surface area (Å²) in [6.45, 7) is 4.37. The number of hydrogen-bond donors (Lipinski definition) is 2. The second kappa shape index (κ2) is 6.61. The fourth-order valence-electron chi connectivity index (χ4n) is 3.99. The number of rotatable bonds is 4. The van der Waals surface area contributed by atoms with Crippen LogP contribution in [-0.4, -0.2) is 58.4 Å². The molecule has 0 unspecified atom stereocenters. The topological polar surface area (TPSA) is 72.5 Å². The number of aromatic nitrogens is 2. The molecule has 2 aromatic rings. The van der Waals surface area contributed by atoms with Gasteiger partial charge in [-0.1, -0.05) is 18.2 Å². The van der Waals surface area contributed by atoms with Gasteiger partial charge in [-0.2, -0.15) is 5.10 Å². The van der Waals surface area contributed by atoms with Gasteiger partial charge in [0.05, 0.1) is 18.3 Å². The molecule has 2 N–H and O–H groups in total. The maximum atomic E-state index is 12.7.